The molecule has 33 heavy (non-hydrogen) atoms. The summed E-state index contributed by atoms with van der Waals surface area (Å²) < 4.78 is 91.4. The summed E-state index contributed by atoms with van der Waals surface area (Å²) in [5.74, 6) is -0.122. The maximum Gasteiger partial charge on any atom is 0.415 e. The van der Waals surface area contributed by atoms with Crippen LogP contribution in [0.25, 0.3) is 0 Å². The molecule has 0 aromatic heterocycles. The number of rotatable bonds is 7. The Labute approximate surface area is 190 Å². The van der Waals surface area contributed by atoms with E-state index in [9.17, 15) is 26.0 Å². The van der Waals surface area contributed by atoms with Gasteiger partial charge in [-0.05, 0) is 56.7 Å². The number of benzene rings is 2. The minimum atomic E-state index is -4.73. The Morgan fingerprint density at radius 3 is 2.42 bits per heavy atom. The molecule has 11 heteroatoms. The Bertz CT molecular complexity index is 1070. The number of sulfonamides is 1. The molecule has 1 heterocycles. The third-order valence-electron chi connectivity index (χ3n) is 5.05. The summed E-state index contributed by atoms with van der Waals surface area (Å²) in [4.78, 5) is -0.426. The first-order valence-corrected chi connectivity index (χ1v) is 11.8. The van der Waals surface area contributed by atoms with Crippen molar-refractivity contribution in [3.63, 3.8) is 0 Å². The highest BCUT2D eigenvalue weighted by atomic mass is 32.2. The third kappa shape index (κ3) is 6.15. The predicted molar refractivity (Wildman–Crippen MR) is 115 cm³/mol. The second kappa shape index (κ2) is 9.47. The zero-order valence-corrected chi connectivity index (χ0v) is 19.3. The zero-order valence-electron chi connectivity index (χ0n) is 18.4. The minimum absolute atomic E-state index is 0.0679. The molecule has 0 radical (unpaired) electrons. The monoisotopic (exact) mass is 490 g/mol. The largest absolute Gasteiger partial charge is 0.494 e. The Kier molecular flexibility index (Phi) is 7.25. The number of anilines is 1. The van der Waals surface area contributed by atoms with Gasteiger partial charge >= 0.3 is 6.18 Å². The molecule has 0 amide bonds. The van der Waals surface area contributed by atoms with E-state index in [4.69, 9.17) is 9.47 Å². The van der Waals surface area contributed by atoms with Gasteiger partial charge in [-0.15, -0.1) is 0 Å². The maximum atomic E-state index is 14.7. The normalized spacial score (nSPS) is 19.3. The van der Waals surface area contributed by atoms with E-state index in [1.54, 1.807) is 12.1 Å². The number of morpholine rings is 1. The van der Waals surface area contributed by atoms with E-state index < -0.39 is 45.2 Å². The van der Waals surface area contributed by atoms with E-state index >= 15 is 0 Å². The molecule has 1 aliphatic rings. The second-order valence-corrected chi connectivity index (χ2v) is 10.2. The van der Waals surface area contributed by atoms with Gasteiger partial charge in [-0.3, -0.25) is 0 Å². The Balaban J connectivity index is 1.75. The van der Waals surface area contributed by atoms with Crippen molar-refractivity contribution in [1.29, 1.82) is 0 Å². The topological polar surface area (TPSA) is 67.9 Å². The van der Waals surface area contributed by atoms with Gasteiger partial charge in [0, 0.05) is 19.6 Å². The molecule has 2 aromatic rings. The lowest BCUT2D eigenvalue weighted by atomic mass is 10.1. The molecule has 1 saturated heterocycles. The first kappa shape index (κ1) is 25.3. The standard InChI is InChI=1S/C22H26F4N2O4S/c1-4-31-16-7-5-15(6-8-16)12-27-19-10-9-17(11-18(19)23)33(29,30)28-13-20(22(24,25)26)32-21(2,3)14-28/h5-11,20,27H,4,12-14H2,1-3H3. The molecule has 1 unspecified atom stereocenters. The fourth-order valence-electron chi connectivity index (χ4n) is 3.50. The van der Waals surface area contributed by atoms with Crippen molar-refractivity contribution in [3.05, 3.63) is 53.8 Å². The van der Waals surface area contributed by atoms with Crippen LogP contribution in [0.5, 0.6) is 5.75 Å². The molecule has 182 valence electrons. The van der Waals surface area contributed by atoms with Crippen LogP contribution >= 0.6 is 0 Å². The summed E-state index contributed by atoms with van der Waals surface area (Å²) >= 11 is 0. The lowest BCUT2D eigenvalue weighted by Crippen LogP contribution is -2.58. The second-order valence-electron chi connectivity index (χ2n) is 8.28. The first-order valence-electron chi connectivity index (χ1n) is 10.3. The molecule has 1 N–H and O–H groups in total. The summed E-state index contributed by atoms with van der Waals surface area (Å²) in [6, 6.07) is 10.4. The molecule has 3 rings (SSSR count). The quantitative estimate of drug-likeness (QED) is 0.576. The number of ether oxygens (including phenoxy) is 2. The number of hydrogen-bond donors (Lipinski definition) is 1. The van der Waals surface area contributed by atoms with Gasteiger partial charge in [-0.2, -0.15) is 17.5 Å². The van der Waals surface area contributed by atoms with Gasteiger partial charge in [0.1, 0.15) is 11.6 Å². The van der Waals surface area contributed by atoms with E-state index in [2.05, 4.69) is 5.32 Å². The average Bonchev–Trinajstić information content (AvgIpc) is 2.72. The first-order chi connectivity index (χ1) is 15.3. The highest BCUT2D eigenvalue weighted by Gasteiger charge is 2.50. The van der Waals surface area contributed by atoms with Crippen LogP contribution in [0.3, 0.4) is 0 Å². The lowest BCUT2D eigenvalue weighted by molar-refractivity contribution is -0.265. The number of alkyl halides is 3. The van der Waals surface area contributed by atoms with Crippen LogP contribution in [0.1, 0.15) is 26.3 Å². The highest BCUT2D eigenvalue weighted by Crippen LogP contribution is 2.34. The van der Waals surface area contributed by atoms with E-state index in [1.807, 2.05) is 19.1 Å². The molecule has 1 atom stereocenters. The molecular formula is C22H26F4N2O4S. The molecule has 0 saturated carbocycles. The minimum Gasteiger partial charge on any atom is -0.494 e. The molecule has 1 fully saturated rings. The molecule has 2 aromatic carbocycles. The lowest BCUT2D eigenvalue weighted by Gasteiger charge is -2.42. The van der Waals surface area contributed by atoms with Gasteiger partial charge in [0.05, 0.1) is 22.8 Å². The van der Waals surface area contributed by atoms with Crippen molar-refractivity contribution in [2.24, 2.45) is 0 Å². The van der Waals surface area contributed by atoms with Gasteiger partial charge in [0.25, 0.3) is 0 Å². The average molecular weight is 491 g/mol. The maximum absolute atomic E-state index is 14.7. The van der Waals surface area contributed by atoms with Crippen molar-refractivity contribution < 1.29 is 35.5 Å². The van der Waals surface area contributed by atoms with Gasteiger partial charge in [-0.1, -0.05) is 12.1 Å². The summed E-state index contributed by atoms with van der Waals surface area (Å²) in [5.41, 5.74) is -0.440. The van der Waals surface area contributed by atoms with E-state index in [0.717, 1.165) is 11.6 Å². The molecular weight excluding hydrogens is 464 g/mol. The van der Waals surface area contributed by atoms with Crippen molar-refractivity contribution >= 4 is 15.7 Å². The predicted octanol–water partition coefficient (Wildman–Crippen LogP) is 4.57. The Hall–Kier alpha value is -2.37. The molecule has 0 bridgehead atoms. The summed E-state index contributed by atoms with van der Waals surface area (Å²) in [6.45, 7) is 4.26. The number of nitrogens with zero attached hydrogens (tertiary/aromatic N) is 1. The molecule has 1 aliphatic heterocycles. The SMILES string of the molecule is CCOc1ccc(CNc2ccc(S(=O)(=O)N3CC(C(F)(F)F)OC(C)(C)C3)cc2F)cc1. The van der Waals surface area contributed by atoms with Crippen molar-refractivity contribution in [2.45, 2.75) is 50.1 Å². The fraction of sp³-hybridized carbons (Fsp3) is 0.455. The number of halogens is 4. The number of hydrogen-bond acceptors (Lipinski definition) is 5. The Morgan fingerprint density at radius 2 is 1.85 bits per heavy atom. The van der Waals surface area contributed by atoms with Gasteiger partial charge < -0.3 is 14.8 Å². The van der Waals surface area contributed by atoms with Crippen molar-refractivity contribution in [1.82, 2.24) is 4.31 Å². The smallest absolute Gasteiger partial charge is 0.415 e. The highest BCUT2D eigenvalue weighted by molar-refractivity contribution is 7.89. The molecule has 6 nitrogen and oxygen atoms in total. The van der Waals surface area contributed by atoms with Crippen LogP contribution in [0, 0.1) is 5.82 Å². The van der Waals surface area contributed by atoms with Crippen LogP contribution in [0.15, 0.2) is 47.4 Å². The van der Waals surface area contributed by atoms with Crippen molar-refractivity contribution in [3.8, 4) is 5.75 Å². The van der Waals surface area contributed by atoms with Gasteiger partial charge in [0.2, 0.25) is 10.0 Å². The van der Waals surface area contributed by atoms with Crippen LogP contribution in [0.2, 0.25) is 0 Å². The summed E-state index contributed by atoms with van der Waals surface area (Å²) in [5, 5.41) is 2.89. The van der Waals surface area contributed by atoms with Crippen LogP contribution in [0.4, 0.5) is 23.2 Å². The zero-order chi connectivity index (χ0) is 24.4. The van der Waals surface area contributed by atoms with Crippen LogP contribution in [-0.2, 0) is 21.3 Å². The Morgan fingerprint density at radius 1 is 1.18 bits per heavy atom. The van der Waals surface area contributed by atoms with E-state index in [0.29, 0.717) is 16.7 Å². The third-order valence-corrected chi connectivity index (χ3v) is 6.86. The van der Waals surface area contributed by atoms with Crippen LogP contribution < -0.4 is 10.1 Å². The molecule has 0 spiro atoms. The summed E-state index contributed by atoms with van der Waals surface area (Å²) in [7, 11) is -4.37. The van der Waals surface area contributed by atoms with Gasteiger partial charge in [-0.25, -0.2) is 12.8 Å². The number of nitrogens with one attached hydrogen (secondary N) is 1. The van der Waals surface area contributed by atoms with Crippen molar-refractivity contribution in [2.75, 3.05) is 25.0 Å². The van der Waals surface area contributed by atoms with E-state index in [1.165, 1.54) is 26.0 Å². The summed E-state index contributed by atoms with van der Waals surface area (Å²) in [6.07, 6.45) is -7.00. The van der Waals surface area contributed by atoms with E-state index in [-0.39, 0.29) is 18.8 Å². The molecule has 0 aliphatic carbocycles. The van der Waals surface area contributed by atoms with Gasteiger partial charge in [0.15, 0.2) is 6.10 Å². The van der Waals surface area contributed by atoms with Crippen LogP contribution in [-0.4, -0.2) is 50.3 Å². The fourth-order valence-corrected chi connectivity index (χ4v) is 5.11.